The highest BCUT2D eigenvalue weighted by Gasteiger charge is 2.25. The molecule has 0 radical (unpaired) electrons. The average Bonchev–Trinajstić information content (AvgIpc) is 2.53. The van der Waals surface area contributed by atoms with Crippen molar-refractivity contribution >= 4 is 11.6 Å². The summed E-state index contributed by atoms with van der Waals surface area (Å²) in [5.41, 5.74) is 2.10. The van der Waals surface area contributed by atoms with Gasteiger partial charge in [-0.2, -0.15) is 0 Å². The lowest BCUT2D eigenvalue weighted by molar-refractivity contribution is -0.718. The Morgan fingerprint density at radius 3 is 2.00 bits per heavy atom. The minimum absolute atomic E-state index is 0.0350. The second-order valence-electron chi connectivity index (χ2n) is 6.02. The largest absolute Gasteiger partial charge is 0.330 e. The van der Waals surface area contributed by atoms with E-state index in [1.54, 1.807) is 0 Å². The quantitative estimate of drug-likeness (QED) is 0.846. The number of para-hydroxylation sites is 1. The van der Waals surface area contributed by atoms with Gasteiger partial charge in [0.1, 0.15) is 6.04 Å². The lowest BCUT2D eigenvalue weighted by Crippen LogP contribution is -2.93. The van der Waals surface area contributed by atoms with Gasteiger partial charge in [-0.25, -0.2) is 0 Å². The fraction of sp³-hybridized carbons (Fsp3) is 0.316. The van der Waals surface area contributed by atoms with Crippen molar-refractivity contribution in [2.75, 3.05) is 5.32 Å². The van der Waals surface area contributed by atoms with Crippen LogP contribution in [0.3, 0.4) is 0 Å². The lowest BCUT2D eigenvalue weighted by atomic mass is 9.95. The second-order valence-corrected chi connectivity index (χ2v) is 6.02. The molecule has 0 aliphatic heterocycles. The van der Waals surface area contributed by atoms with Crippen LogP contribution < -0.4 is 10.6 Å². The van der Waals surface area contributed by atoms with E-state index in [1.165, 1.54) is 5.56 Å². The molecule has 2 aromatic carbocycles. The number of amides is 1. The van der Waals surface area contributed by atoms with Crippen LogP contribution in [0.25, 0.3) is 0 Å². The first-order valence-corrected chi connectivity index (χ1v) is 7.83. The average molecular weight is 297 g/mol. The summed E-state index contributed by atoms with van der Waals surface area (Å²) < 4.78 is 0. The summed E-state index contributed by atoms with van der Waals surface area (Å²) in [6.45, 7) is 6.34. The smallest absolute Gasteiger partial charge is 0.282 e. The van der Waals surface area contributed by atoms with Crippen molar-refractivity contribution in [3.63, 3.8) is 0 Å². The Labute approximate surface area is 132 Å². The lowest BCUT2D eigenvalue weighted by Gasteiger charge is -2.23. The first-order valence-electron chi connectivity index (χ1n) is 7.83. The number of nitrogens with one attached hydrogen (secondary N) is 1. The second kappa shape index (κ2) is 7.76. The predicted molar refractivity (Wildman–Crippen MR) is 90.5 cm³/mol. The van der Waals surface area contributed by atoms with Gasteiger partial charge in [0.2, 0.25) is 0 Å². The third-order valence-corrected chi connectivity index (χ3v) is 3.85. The fourth-order valence-corrected chi connectivity index (χ4v) is 2.57. The molecule has 22 heavy (non-hydrogen) atoms. The summed E-state index contributed by atoms with van der Waals surface area (Å²) in [6, 6.07) is 20.1. The normalized spacial score (nSPS) is 13.6. The summed E-state index contributed by atoms with van der Waals surface area (Å²) in [5, 5.41) is 5.12. The first-order chi connectivity index (χ1) is 10.6. The van der Waals surface area contributed by atoms with Crippen molar-refractivity contribution in [1.29, 1.82) is 0 Å². The van der Waals surface area contributed by atoms with Crippen LogP contribution in [0.4, 0.5) is 5.69 Å². The molecule has 0 aliphatic rings. The van der Waals surface area contributed by atoms with Gasteiger partial charge in [-0.15, -0.1) is 0 Å². The Morgan fingerprint density at radius 2 is 1.45 bits per heavy atom. The van der Waals surface area contributed by atoms with Gasteiger partial charge in [-0.05, 0) is 19.1 Å². The molecule has 3 heteroatoms. The summed E-state index contributed by atoms with van der Waals surface area (Å²) in [7, 11) is 0. The molecule has 0 aliphatic carbocycles. The van der Waals surface area contributed by atoms with Gasteiger partial charge >= 0.3 is 0 Å². The molecule has 0 saturated heterocycles. The molecule has 1 amide bonds. The van der Waals surface area contributed by atoms with E-state index >= 15 is 0 Å². The molecule has 3 N–H and O–H groups in total. The van der Waals surface area contributed by atoms with Crippen LogP contribution in [0.15, 0.2) is 60.7 Å². The van der Waals surface area contributed by atoms with E-state index in [-0.39, 0.29) is 18.0 Å². The van der Waals surface area contributed by atoms with Crippen molar-refractivity contribution in [1.82, 2.24) is 0 Å². The van der Waals surface area contributed by atoms with E-state index in [0.717, 1.165) is 5.69 Å². The molecule has 0 bridgehead atoms. The third-order valence-electron chi connectivity index (χ3n) is 3.85. The van der Waals surface area contributed by atoms with Crippen molar-refractivity contribution in [3.8, 4) is 0 Å². The molecule has 3 nitrogen and oxygen atoms in total. The molecule has 2 aromatic rings. The number of nitrogens with two attached hydrogens (primary N) is 1. The van der Waals surface area contributed by atoms with Crippen molar-refractivity contribution in [2.24, 2.45) is 5.92 Å². The highest BCUT2D eigenvalue weighted by Crippen LogP contribution is 2.17. The molecule has 0 heterocycles. The number of benzene rings is 2. The highest BCUT2D eigenvalue weighted by molar-refractivity contribution is 5.93. The maximum atomic E-state index is 12.4. The molecule has 0 saturated carbocycles. The highest BCUT2D eigenvalue weighted by atomic mass is 16.2. The Balaban J connectivity index is 2.02. The third kappa shape index (κ3) is 4.43. The van der Waals surface area contributed by atoms with Crippen LogP contribution in [-0.2, 0) is 4.79 Å². The number of quaternary nitrogens is 1. The Hall–Kier alpha value is -2.13. The van der Waals surface area contributed by atoms with E-state index in [2.05, 4.69) is 36.6 Å². The van der Waals surface area contributed by atoms with Crippen LogP contribution in [0, 0.1) is 5.92 Å². The molecule has 0 spiro atoms. The molecular weight excluding hydrogens is 272 g/mol. The number of rotatable bonds is 6. The zero-order valence-electron chi connectivity index (χ0n) is 13.5. The summed E-state index contributed by atoms with van der Waals surface area (Å²) in [4.78, 5) is 12.4. The number of carbonyl (C=O) groups is 1. The van der Waals surface area contributed by atoms with Gasteiger partial charge < -0.3 is 10.6 Å². The Bertz CT molecular complexity index is 581. The molecule has 0 aromatic heterocycles. The van der Waals surface area contributed by atoms with Crippen molar-refractivity contribution in [3.05, 3.63) is 66.2 Å². The summed E-state index contributed by atoms with van der Waals surface area (Å²) in [5.74, 6) is 0.488. The van der Waals surface area contributed by atoms with Crippen molar-refractivity contribution < 1.29 is 10.1 Å². The van der Waals surface area contributed by atoms with E-state index in [4.69, 9.17) is 0 Å². The molecule has 2 atom stereocenters. The molecule has 2 rings (SSSR count). The first kappa shape index (κ1) is 16.2. The zero-order chi connectivity index (χ0) is 15.9. The SMILES string of the molecule is CC(C)[C@H]([NH2+][C@H](C)C(=O)Nc1ccccc1)c1ccccc1. The summed E-state index contributed by atoms with van der Waals surface area (Å²) in [6.07, 6.45) is 0. The van der Waals surface area contributed by atoms with Crippen molar-refractivity contribution in [2.45, 2.75) is 32.9 Å². The van der Waals surface area contributed by atoms with E-state index in [1.807, 2.05) is 55.5 Å². The monoisotopic (exact) mass is 297 g/mol. The number of anilines is 1. The standard InChI is InChI=1S/C19H24N2O/c1-14(2)18(16-10-6-4-7-11-16)20-15(3)19(22)21-17-12-8-5-9-13-17/h4-15,18,20H,1-3H3,(H,21,22)/p+1/t15-,18+/m1/s1. The minimum atomic E-state index is -0.146. The zero-order valence-corrected chi connectivity index (χ0v) is 13.5. The van der Waals surface area contributed by atoms with Crippen LogP contribution in [0.1, 0.15) is 32.4 Å². The van der Waals surface area contributed by atoms with Gasteiger partial charge in [-0.1, -0.05) is 62.4 Å². The van der Waals surface area contributed by atoms with Gasteiger partial charge in [0.25, 0.3) is 5.91 Å². The van der Waals surface area contributed by atoms with Gasteiger partial charge in [0, 0.05) is 17.2 Å². The van der Waals surface area contributed by atoms with Crippen LogP contribution in [-0.4, -0.2) is 11.9 Å². The van der Waals surface area contributed by atoms with E-state index < -0.39 is 0 Å². The molecule has 0 unspecified atom stereocenters. The maximum absolute atomic E-state index is 12.4. The fourth-order valence-electron chi connectivity index (χ4n) is 2.57. The van der Waals surface area contributed by atoms with Crippen LogP contribution in [0.2, 0.25) is 0 Å². The number of carbonyl (C=O) groups excluding carboxylic acids is 1. The molecular formula is C19H25N2O+. The topological polar surface area (TPSA) is 45.7 Å². The maximum Gasteiger partial charge on any atom is 0.282 e. The van der Waals surface area contributed by atoms with E-state index in [9.17, 15) is 4.79 Å². The molecule has 116 valence electrons. The predicted octanol–water partition coefficient (Wildman–Crippen LogP) is 2.97. The number of hydrogen-bond donors (Lipinski definition) is 2. The summed E-state index contributed by atoms with van der Waals surface area (Å²) >= 11 is 0. The Morgan fingerprint density at radius 1 is 0.909 bits per heavy atom. The molecule has 0 fully saturated rings. The number of hydrogen-bond acceptors (Lipinski definition) is 1. The van der Waals surface area contributed by atoms with Crippen LogP contribution >= 0.6 is 0 Å². The van der Waals surface area contributed by atoms with Gasteiger partial charge in [-0.3, -0.25) is 4.79 Å². The Kier molecular flexibility index (Phi) is 5.73. The van der Waals surface area contributed by atoms with Gasteiger partial charge in [0.15, 0.2) is 6.04 Å². The van der Waals surface area contributed by atoms with Gasteiger partial charge in [0.05, 0.1) is 0 Å². The van der Waals surface area contributed by atoms with Crippen LogP contribution in [0.5, 0.6) is 0 Å². The minimum Gasteiger partial charge on any atom is -0.330 e. The van der Waals surface area contributed by atoms with E-state index in [0.29, 0.717) is 5.92 Å².